The third-order valence-electron chi connectivity index (χ3n) is 7.56. The Labute approximate surface area is 215 Å². The minimum Gasteiger partial charge on any atom is -0.393 e. The normalized spacial score (nSPS) is 25.8. The number of rotatable bonds is 4. The predicted octanol–water partition coefficient (Wildman–Crippen LogP) is 2.01. The number of anilines is 2. The number of hydrogen-bond donors (Lipinski definition) is 2. The number of nitrogens with zero attached hydrogens (tertiary/aromatic N) is 5. The second-order valence-corrected chi connectivity index (χ2v) is 10.2. The Bertz CT molecular complexity index is 1320. The summed E-state index contributed by atoms with van der Waals surface area (Å²) in [6, 6.07) is 11.6. The van der Waals surface area contributed by atoms with Gasteiger partial charge in [-0.2, -0.15) is 9.97 Å². The molecule has 10 heteroatoms. The Hall–Kier alpha value is -3.34. The maximum atomic E-state index is 12.2. The van der Waals surface area contributed by atoms with E-state index in [2.05, 4.69) is 22.0 Å². The van der Waals surface area contributed by atoms with E-state index in [4.69, 9.17) is 24.4 Å². The van der Waals surface area contributed by atoms with E-state index in [0.29, 0.717) is 62.9 Å². The Morgan fingerprint density at radius 1 is 1.14 bits per heavy atom. The van der Waals surface area contributed by atoms with Gasteiger partial charge in [-0.1, -0.05) is 12.1 Å². The molecule has 0 bridgehead atoms. The number of nitrogens with one attached hydrogen (secondary N) is 1. The lowest BCUT2D eigenvalue weighted by Gasteiger charge is -2.50. The van der Waals surface area contributed by atoms with Crippen molar-refractivity contribution in [3.63, 3.8) is 0 Å². The van der Waals surface area contributed by atoms with E-state index >= 15 is 0 Å². The minimum atomic E-state index is -0.335. The summed E-state index contributed by atoms with van der Waals surface area (Å²) in [5.41, 5.74) is 2.44. The van der Waals surface area contributed by atoms with Crippen molar-refractivity contribution >= 4 is 28.7 Å². The summed E-state index contributed by atoms with van der Waals surface area (Å²) in [7, 11) is 1.62. The summed E-state index contributed by atoms with van der Waals surface area (Å²) in [5.74, 6) is 1.33. The van der Waals surface area contributed by atoms with Gasteiger partial charge < -0.3 is 29.7 Å². The number of fused-ring (bicyclic) bond motifs is 1. The van der Waals surface area contributed by atoms with Crippen LogP contribution < -0.4 is 15.1 Å². The highest BCUT2D eigenvalue weighted by molar-refractivity contribution is 5.95. The molecule has 2 saturated heterocycles. The second kappa shape index (κ2) is 9.51. The number of pyridine rings is 1. The Kier molecular flexibility index (Phi) is 6.18. The molecule has 37 heavy (non-hydrogen) atoms. The van der Waals surface area contributed by atoms with Crippen LogP contribution >= 0.6 is 0 Å². The summed E-state index contributed by atoms with van der Waals surface area (Å²) in [6.45, 7) is 6.03. The molecule has 1 spiro atoms. The van der Waals surface area contributed by atoms with Crippen LogP contribution in [0.3, 0.4) is 0 Å². The monoisotopic (exact) mass is 504 g/mol. The smallest absolute Gasteiger partial charge is 0.251 e. The fraction of sp³-hybridized carbons (Fsp3) is 0.481. The van der Waals surface area contributed by atoms with Gasteiger partial charge in [0.25, 0.3) is 5.91 Å². The van der Waals surface area contributed by atoms with E-state index in [1.54, 1.807) is 13.1 Å². The highest BCUT2D eigenvalue weighted by Gasteiger charge is 2.48. The van der Waals surface area contributed by atoms with Crippen LogP contribution in [0.4, 0.5) is 11.8 Å². The van der Waals surface area contributed by atoms with Crippen LogP contribution in [0, 0.1) is 0 Å². The molecule has 10 nitrogen and oxygen atoms in total. The third-order valence-corrected chi connectivity index (χ3v) is 7.56. The van der Waals surface area contributed by atoms with Gasteiger partial charge in [-0.3, -0.25) is 4.79 Å². The second-order valence-electron chi connectivity index (χ2n) is 10.2. The quantitative estimate of drug-likeness (QED) is 0.551. The first kappa shape index (κ1) is 24.0. The molecule has 0 unspecified atom stereocenters. The molecule has 3 aromatic rings. The van der Waals surface area contributed by atoms with Gasteiger partial charge in [0.05, 0.1) is 55.2 Å². The molecule has 1 aromatic carbocycles. The minimum absolute atomic E-state index is 0.141. The van der Waals surface area contributed by atoms with Gasteiger partial charge in [-0.25, -0.2) is 4.98 Å². The lowest BCUT2D eigenvalue weighted by atomic mass is 9.76. The molecule has 1 amide bonds. The van der Waals surface area contributed by atoms with Crippen molar-refractivity contribution < 1.29 is 19.4 Å². The van der Waals surface area contributed by atoms with Gasteiger partial charge in [0.15, 0.2) is 5.65 Å². The van der Waals surface area contributed by atoms with Crippen LogP contribution in [0.2, 0.25) is 0 Å². The lowest BCUT2D eigenvalue weighted by Crippen LogP contribution is -2.60. The zero-order valence-corrected chi connectivity index (χ0v) is 21.2. The zero-order chi connectivity index (χ0) is 25.6. The summed E-state index contributed by atoms with van der Waals surface area (Å²) < 4.78 is 11.7. The average Bonchev–Trinajstić information content (AvgIpc) is 2.91. The van der Waals surface area contributed by atoms with Gasteiger partial charge in [0.2, 0.25) is 5.95 Å². The molecule has 1 saturated carbocycles. The van der Waals surface area contributed by atoms with Gasteiger partial charge >= 0.3 is 0 Å². The molecular formula is C27H32N6O4. The van der Waals surface area contributed by atoms with Gasteiger partial charge in [0.1, 0.15) is 5.82 Å². The Morgan fingerprint density at radius 2 is 2.00 bits per heavy atom. The maximum Gasteiger partial charge on any atom is 0.251 e. The van der Waals surface area contributed by atoms with Crippen molar-refractivity contribution in [1.82, 2.24) is 20.3 Å². The van der Waals surface area contributed by atoms with E-state index in [0.717, 1.165) is 29.0 Å². The van der Waals surface area contributed by atoms with Crippen LogP contribution in [0.25, 0.3) is 22.3 Å². The summed E-state index contributed by atoms with van der Waals surface area (Å²) in [5, 5.41) is 13.5. The topological polar surface area (TPSA) is 113 Å². The number of morpholine rings is 2. The van der Waals surface area contributed by atoms with Gasteiger partial charge in [-0.15, -0.1) is 0 Å². The van der Waals surface area contributed by atoms with Crippen molar-refractivity contribution in [2.45, 2.75) is 37.5 Å². The van der Waals surface area contributed by atoms with E-state index in [1.165, 1.54) is 0 Å². The van der Waals surface area contributed by atoms with Crippen LogP contribution in [-0.2, 0) is 9.47 Å². The molecule has 0 radical (unpaired) electrons. The summed E-state index contributed by atoms with van der Waals surface area (Å²) in [6.07, 6.45) is 0.959. The van der Waals surface area contributed by atoms with Crippen molar-refractivity contribution in [1.29, 1.82) is 0 Å². The maximum absolute atomic E-state index is 12.2. The number of aromatic nitrogens is 3. The molecule has 4 heterocycles. The summed E-state index contributed by atoms with van der Waals surface area (Å²) >= 11 is 0. The number of ether oxygens (including phenoxy) is 2. The first-order valence-corrected chi connectivity index (χ1v) is 12.9. The van der Waals surface area contributed by atoms with Gasteiger partial charge in [-0.05, 0) is 31.2 Å². The molecule has 2 aromatic heterocycles. The van der Waals surface area contributed by atoms with E-state index < -0.39 is 0 Å². The molecule has 2 N–H and O–H groups in total. The zero-order valence-electron chi connectivity index (χ0n) is 21.2. The number of hydrogen-bond acceptors (Lipinski definition) is 9. The highest BCUT2D eigenvalue weighted by atomic mass is 16.5. The van der Waals surface area contributed by atoms with Crippen LogP contribution in [0.5, 0.6) is 0 Å². The first-order valence-electron chi connectivity index (χ1n) is 12.9. The van der Waals surface area contributed by atoms with Crippen molar-refractivity contribution in [2.24, 2.45) is 0 Å². The van der Waals surface area contributed by atoms with Crippen LogP contribution in [-0.4, -0.2) is 90.2 Å². The Morgan fingerprint density at radius 3 is 2.78 bits per heavy atom. The number of carbonyl (C=O) groups is 1. The van der Waals surface area contributed by atoms with Crippen molar-refractivity contribution in [2.75, 3.05) is 56.3 Å². The average molecular weight is 505 g/mol. The Balaban J connectivity index is 1.43. The van der Waals surface area contributed by atoms with Gasteiger partial charge in [0, 0.05) is 44.1 Å². The van der Waals surface area contributed by atoms with E-state index in [9.17, 15) is 9.90 Å². The third kappa shape index (κ3) is 4.49. The number of carbonyl (C=O) groups excluding carboxylic acids is 1. The molecule has 1 aliphatic carbocycles. The molecule has 1 atom stereocenters. The predicted molar refractivity (Wildman–Crippen MR) is 140 cm³/mol. The van der Waals surface area contributed by atoms with E-state index in [-0.39, 0.29) is 23.7 Å². The standard InChI is InChI=1S/C27H32N6O4/c1-17-15-36-10-9-33(17)24-21-6-7-22(18-4-3-5-19(12-18)25(35)28-2)29-23(21)30-26(31-24)32-8-11-37-27(16-32)13-20(34)14-27/h3-7,12,17,20,34H,8-11,13-16H2,1-2H3,(H,28,35)/t17-,20?,27?/m0/s1. The number of amides is 1. The summed E-state index contributed by atoms with van der Waals surface area (Å²) in [4.78, 5) is 31.6. The molecular weight excluding hydrogens is 472 g/mol. The van der Waals surface area contributed by atoms with Crippen LogP contribution in [0.1, 0.15) is 30.1 Å². The van der Waals surface area contributed by atoms with Crippen molar-refractivity contribution in [3.8, 4) is 11.3 Å². The fourth-order valence-corrected chi connectivity index (χ4v) is 5.57. The highest BCUT2D eigenvalue weighted by Crippen LogP contribution is 2.40. The number of aliphatic hydroxyl groups is 1. The SMILES string of the molecule is CNC(=O)c1cccc(-c2ccc3c(N4CCOC[C@@H]4C)nc(N4CCOC5(CC(O)C5)C4)nc3n2)c1. The number of aliphatic hydroxyl groups excluding tert-OH is 1. The fourth-order valence-electron chi connectivity index (χ4n) is 5.57. The molecule has 3 fully saturated rings. The molecule has 3 aliphatic rings. The largest absolute Gasteiger partial charge is 0.393 e. The first-order chi connectivity index (χ1) is 17.9. The molecule has 2 aliphatic heterocycles. The van der Waals surface area contributed by atoms with E-state index in [1.807, 2.05) is 30.3 Å². The number of benzene rings is 1. The molecule has 194 valence electrons. The van der Waals surface area contributed by atoms with Crippen LogP contribution in [0.15, 0.2) is 36.4 Å². The molecule has 6 rings (SSSR count). The van der Waals surface area contributed by atoms with Crippen molar-refractivity contribution in [3.05, 3.63) is 42.0 Å². The lowest BCUT2D eigenvalue weighted by molar-refractivity contribution is -0.159.